The van der Waals surface area contributed by atoms with Crippen molar-refractivity contribution >= 4 is 44.2 Å². The summed E-state index contributed by atoms with van der Waals surface area (Å²) in [4.78, 5) is 29.1. The lowest BCUT2D eigenvalue weighted by Gasteiger charge is -2.35. The van der Waals surface area contributed by atoms with Gasteiger partial charge in [0.05, 0.1) is 20.9 Å². The van der Waals surface area contributed by atoms with E-state index in [2.05, 4.69) is 25.9 Å². The van der Waals surface area contributed by atoms with Crippen LogP contribution in [0.2, 0.25) is 0 Å². The maximum Gasteiger partial charge on any atom is 0.274 e. The Morgan fingerprint density at radius 1 is 1.22 bits per heavy atom. The second-order valence-electron chi connectivity index (χ2n) is 8.11. The Morgan fingerprint density at radius 2 is 2.03 bits per heavy atom. The molecule has 2 aromatic heterocycles. The number of nitrogens with zero attached hydrogens (tertiary/aromatic N) is 3. The van der Waals surface area contributed by atoms with Gasteiger partial charge in [0, 0.05) is 23.5 Å². The zero-order chi connectivity index (χ0) is 22.2. The molecular weight excluding hydrogens is 491 g/mol. The first kappa shape index (κ1) is 21.3. The maximum absolute atomic E-state index is 13.7. The van der Waals surface area contributed by atoms with Crippen LogP contribution in [0.25, 0.3) is 21.5 Å². The highest BCUT2D eigenvalue weighted by Crippen LogP contribution is 2.33. The summed E-state index contributed by atoms with van der Waals surface area (Å²) < 4.78 is 14.4. The molecule has 1 amide bonds. The van der Waals surface area contributed by atoms with Crippen molar-refractivity contribution < 1.29 is 9.18 Å². The predicted molar refractivity (Wildman–Crippen MR) is 128 cm³/mol. The molecule has 2 aromatic carbocycles. The van der Waals surface area contributed by atoms with Gasteiger partial charge in [-0.05, 0) is 62.1 Å². The third-order valence-corrected chi connectivity index (χ3v) is 7.37. The summed E-state index contributed by atoms with van der Waals surface area (Å²) in [7, 11) is 0. The maximum atomic E-state index is 13.7. The number of fused-ring (bicyclic) bond motifs is 1. The lowest BCUT2D eigenvalue weighted by Crippen LogP contribution is -2.45. The average molecular weight is 513 g/mol. The smallest absolute Gasteiger partial charge is 0.274 e. The number of aromatic nitrogens is 3. The van der Waals surface area contributed by atoms with Gasteiger partial charge in [0.25, 0.3) is 5.91 Å². The minimum atomic E-state index is -0.295. The molecule has 1 N–H and O–H groups in total. The standard InChI is InChI=1S/C24H22BrFN4OS/c1-14-27-22(23(32-14)15-5-8-17(26)9-6-15)24(31)30-11-3-2-4-18(30)13-21-28-19-10-7-16(25)12-20(19)29-21/h5-10,12,18H,2-4,11,13H2,1H3,(H,28,29). The number of carbonyl (C=O) groups excluding carboxylic acids is 1. The number of likely N-dealkylation sites (tertiary alicyclic amines) is 1. The molecule has 32 heavy (non-hydrogen) atoms. The van der Waals surface area contributed by atoms with Crippen molar-refractivity contribution in [2.45, 2.75) is 38.6 Å². The van der Waals surface area contributed by atoms with E-state index in [0.717, 1.165) is 56.0 Å². The van der Waals surface area contributed by atoms with Gasteiger partial charge in [-0.15, -0.1) is 11.3 Å². The SMILES string of the molecule is Cc1nc(C(=O)N2CCCCC2Cc2nc3cc(Br)ccc3[nH]2)c(-c2ccc(F)cc2)s1. The van der Waals surface area contributed by atoms with Crippen LogP contribution in [-0.2, 0) is 6.42 Å². The summed E-state index contributed by atoms with van der Waals surface area (Å²) in [5, 5.41) is 0.823. The van der Waals surface area contributed by atoms with E-state index >= 15 is 0 Å². The van der Waals surface area contributed by atoms with Crippen LogP contribution in [0.3, 0.4) is 0 Å². The van der Waals surface area contributed by atoms with Gasteiger partial charge in [-0.1, -0.05) is 28.1 Å². The summed E-state index contributed by atoms with van der Waals surface area (Å²) in [6.45, 7) is 2.60. The largest absolute Gasteiger partial charge is 0.342 e. The zero-order valence-electron chi connectivity index (χ0n) is 17.6. The Labute approximate surface area is 197 Å². The molecule has 1 aliphatic rings. The first-order valence-corrected chi connectivity index (χ1v) is 12.3. The molecule has 8 heteroatoms. The third kappa shape index (κ3) is 4.21. The van der Waals surface area contributed by atoms with Gasteiger partial charge < -0.3 is 9.88 Å². The number of amides is 1. The van der Waals surface area contributed by atoms with Crippen molar-refractivity contribution in [2.24, 2.45) is 0 Å². The van der Waals surface area contributed by atoms with Gasteiger partial charge in [-0.3, -0.25) is 4.79 Å². The molecule has 0 bridgehead atoms. The normalized spacial score (nSPS) is 16.6. The second-order valence-corrected chi connectivity index (χ2v) is 10.2. The Balaban J connectivity index is 1.43. The van der Waals surface area contributed by atoms with E-state index in [1.165, 1.54) is 23.5 Å². The van der Waals surface area contributed by atoms with Crippen molar-refractivity contribution in [2.75, 3.05) is 6.54 Å². The van der Waals surface area contributed by atoms with Crippen molar-refractivity contribution in [3.05, 3.63) is 69.3 Å². The lowest BCUT2D eigenvalue weighted by molar-refractivity contribution is 0.0607. The quantitative estimate of drug-likeness (QED) is 0.357. The van der Waals surface area contributed by atoms with Crippen LogP contribution in [0.15, 0.2) is 46.9 Å². The molecule has 1 fully saturated rings. The van der Waals surface area contributed by atoms with Crippen LogP contribution in [0.5, 0.6) is 0 Å². The van der Waals surface area contributed by atoms with E-state index in [1.807, 2.05) is 30.0 Å². The molecule has 164 valence electrons. The molecule has 1 atom stereocenters. The minimum Gasteiger partial charge on any atom is -0.342 e. The average Bonchev–Trinajstić information content (AvgIpc) is 3.36. The number of aryl methyl sites for hydroxylation is 1. The Morgan fingerprint density at radius 3 is 2.84 bits per heavy atom. The fraction of sp³-hybridized carbons (Fsp3) is 0.292. The van der Waals surface area contributed by atoms with Gasteiger partial charge >= 0.3 is 0 Å². The number of hydrogen-bond acceptors (Lipinski definition) is 4. The molecule has 3 heterocycles. The summed E-state index contributed by atoms with van der Waals surface area (Å²) in [6, 6.07) is 12.3. The zero-order valence-corrected chi connectivity index (χ0v) is 20.0. The van der Waals surface area contributed by atoms with Gasteiger partial charge in [0.1, 0.15) is 17.3 Å². The van der Waals surface area contributed by atoms with Crippen molar-refractivity contribution in [1.82, 2.24) is 19.9 Å². The molecule has 1 saturated heterocycles. The van der Waals surface area contributed by atoms with Crippen LogP contribution in [0.4, 0.5) is 4.39 Å². The van der Waals surface area contributed by atoms with Crippen LogP contribution in [0.1, 0.15) is 40.6 Å². The number of halogens is 2. The highest BCUT2D eigenvalue weighted by atomic mass is 79.9. The molecule has 1 unspecified atom stereocenters. The molecule has 0 saturated carbocycles. The predicted octanol–water partition coefficient (Wildman–Crippen LogP) is 6.13. The molecular formula is C24H22BrFN4OS. The molecule has 0 radical (unpaired) electrons. The second kappa shape index (κ2) is 8.75. The number of hydrogen-bond donors (Lipinski definition) is 1. The van der Waals surface area contributed by atoms with Crippen LogP contribution in [0, 0.1) is 12.7 Å². The topological polar surface area (TPSA) is 61.9 Å². The number of imidazole rings is 1. The Kier molecular flexibility index (Phi) is 5.82. The number of piperidine rings is 1. The van der Waals surface area contributed by atoms with Crippen LogP contribution < -0.4 is 0 Å². The van der Waals surface area contributed by atoms with E-state index in [-0.39, 0.29) is 17.8 Å². The monoisotopic (exact) mass is 512 g/mol. The molecule has 5 rings (SSSR count). The van der Waals surface area contributed by atoms with E-state index < -0.39 is 0 Å². The Bertz CT molecular complexity index is 1280. The van der Waals surface area contributed by atoms with Gasteiger partial charge in [-0.25, -0.2) is 14.4 Å². The molecule has 1 aliphatic heterocycles. The Hall–Kier alpha value is -2.58. The highest BCUT2D eigenvalue weighted by Gasteiger charge is 2.31. The van der Waals surface area contributed by atoms with Crippen molar-refractivity contribution in [3.8, 4) is 10.4 Å². The third-order valence-electron chi connectivity index (χ3n) is 5.85. The van der Waals surface area contributed by atoms with E-state index in [9.17, 15) is 9.18 Å². The number of benzene rings is 2. The summed E-state index contributed by atoms with van der Waals surface area (Å²) in [5.74, 6) is 0.532. The van der Waals surface area contributed by atoms with E-state index in [1.54, 1.807) is 12.1 Å². The van der Waals surface area contributed by atoms with E-state index in [4.69, 9.17) is 4.98 Å². The number of aromatic amines is 1. The number of rotatable bonds is 4. The molecule has 0 aliphatic carbocycles. The van der Waals surface area contributed by atoms with E-state index in [0.29, 0.717) is 18.7 Å². The number of thiazole rings is 1. The van der Waals surface area contributed by atoms with Crippen LogP contribution >= 0.6 is 27.3 Å². The van der Waals surface area contributed by atoms with Crippen LogP contribution in [-0.4, -0.2) is 38.3 Å². The highest BCUT2D eigenvalue weighted by molar-refractivity contribution is 9.10. The summed E-state index contributed by atoms with van der Waals surface area (Å²) >= 11 is 4.96. The van der Waals surface area contributed by atoms with Gasteiger partial charge in [-0.2, -0.15) is 0 Å². The fourth-order valence-electron chi connectivity index (χ4n) is 4.34. The van der Waals surface area contributed by atoms with Gasteiger partial charge in [0.15, 0.2) is 0 Å². The van der Waals surface area contributed by atoms with Gasteiger partial charge in [0.2, 0.25) is 0 Å². The molecule has 5 nitrogen and oxygen atoms in total. The first-order valence-electron chi connectivity index (χ1n) is 10.7. The van der Waals surface area contributed by atoms with Crippen molar-refractivity contribution in [1.29, 1.82) is 0 Å². The summed E-state index contributed by atoms with van der Waals surface area (Å²) in [6.07, 6.45) is 3.67. The minimum absolute atomic E-state index is 0.0581. The molecule has 4 aromatic rings. The number of nitrogens with one attached hydrogen (secondary N) is 1. The summed E-state index contributed by atoms with van der Waals surface area (Å²) in [5.41, 5.74) is 3.18. The number of H-pyrrole nitrogens is 1. The fourth-order valence-corrected chi connectivity index (χ4v) is 5.60. The lowest BCUT2D eigenvalue weighted by atomic mass is 9.98. The first-order chi connectivity index (χ1) is 15.5. The van der Waals surface area contributed by atoms with Crippen molar-refractivity contribution in [3.63, 3.8) is 0 Å². The number of carbonyl (C=O) groups is 1. The molecule has 0 spiro atoms.